The molecule has 0 atom stereocenters. The molecule has 0 fully saturated rings. The third kappa shape index (κ3) is 4.29. The molecule has 7 nitrogen and oxygen atoms in total. The zero-order valence-corrected chi connectivity index (χ0v) is 11.7. The van der Waals surface area contributed by atoms with Crippen molar-refractivity contribution < 1.29 is 9.47 Å². The van der Waals surface area contributed by atoms with E-state index >= 15 is 0 Å². The predicted octanol–water partition coefficient (Wildman–Crippen LogP) is 0.525. The van der Waals surface area contributed by atoms with Gasteiger partial charge in [-0.1, -0.05) is 0 Å². The number of aromatic nitrogens is 4. The van der Waals surface area contributed by atoms with E-state index in [0.29, 0.717) is 25.5 Å². The Morgan fingerprint density at radius 3 is 2.85 bits per heavy atom. The summed E-state index contributed by atoms with van der Waals surface area (Å²) >= 11 is 0. The Labute approximate surface area is 118 Å². The highest BCUT2D eigenvalue weighted by Gasteiger charge is 2.02. The van der Waals surface area contributed by atoms with E-state index in [9.17, 15) is 0 Å². The number of hydrogen-bond donors (Lipinski definition) is 1. The first kappa shape index (κ1) is 14.4. The average Bonchev–Trinajstić information content (AvgIpc) is 2.88. The zero-order valence-electron chi connectivity index (χ0n) is 11.7. The maximum absolute atomic E-state index is 5.60. The number of rotatable bonds is 8. The van der Waals surface area contributed by atoms with E-state index in [2.05, 4.69) is 20.4 Å². The average molecular weight is 277 g/mol. The van der Waals surface area contributed by atoms with E-state index in [-0.39, 0.29) is 0 Å². The largest absolute Gasteiger partial charge is 0.484 e. The van der Waals surface area contributed by atoms with E-state index in [1.54, 1.807) is 18.0 Å². The fourth-order valence-corrected chi connectivity index (χ4v) is 1.59. The molecule has 0 bridgehead atoms. The first-order valence-electron chi connectivity index (χ1n) is 6.40. The van der Waals surface area contributed by atoms with Crippen LogP contribution in [0.15, 0.2) is 24.7 Å². The minimum atomic E-state index is 0.379. The minimum Gasteiger partial charge on any atom is -0.484 e. The molecule has 0 spiro atoms. The molecule has 2 rings (SSSR count). The molecule has 7 heteroatoms. The van der Waals surface area contributed by atoms with Gasteiger partial charge in [0.15, 0.2) is 5.82 Å². The lowest BCUT2D eigenvalue weighted by Crippen LogP contribution is -2.19. The van der Waals surface area contributed by atoms with Gasteiger partial charge in [0.25, 0.3) is 0 Å². The maximum atomic E-state index is 5.60. The first-order chi connectivity index (χ1) is 9.79. The van der Waals surface area contributed by atoms with Crippen LogP contribution in [0.4, 0.5) is 0 Å². The predicted molar refractivity (Wildman–Crippen MR) is 73.2 cm³/mol. The molecule has 0 aliphatic heterocycles. The number of nitrogens with one attached hydrogen (secondary N) is 1. The number of hydrogen-bond acceptors (Lipinski definition) is 6. The Morgan fingerprint density at radius 2 is 2.20 bits per heavy atom. The van der Waals surface area contributed by atoms with Crippen molar-refractivity contribution in [2.24, 2.45) is 7.05 Å². The lowest BCUT2D eigenvalue weighted by atomic mass is 10.3. The van der Waals surface area contributed by atoms with Gasteiger partial charge in [-0.3, -0.25) is 9.67 Å². The Kier molecular flexibility index (Phi) is 5.45. The van der Waals surface area contributed by atoms with Gasteiger partial charge in [0.2, 0.25) is 0 Å². The molecule has 2 heterocycles. The smallest absolute Gasteiger partial charge is 0.164 e. The van der Waals surface area contributed by atoms with Crippen LogP contribution in [0.2, 0.25) is 0 Å². The molecule has 0 aliphatic rings. The summed E-state index contributed by atoms with van der Waals surface area (Å²) in [6, 6.07) is 3.84. The number of pyridine rings is 1. The molecule has 2 aromatic rings. The number of methoxy groups -OCH3 is 1. The van der Waals surface area contributed by atoms with E-state index in [0.717, 1.165) is 18.1 Å². The second kappa shape index (κ2) is 7.56. The van der Waals surface area contributed by atoms with E-state index in [4.69, 9.17) is 9.47 Å². The third-order valence-corrected chi connectivity index (χ3v) is 2.76. The van der Waals surface area contributed by atoms with Crippen molar-refractivity contribution in [2.75, 3.05) is 20.3 Å². The number of aryl methyl sites for hydroxylation is 1. The van der Waals surface area contributed by atoms with Gasteiger partial charge in [0, 0.05) is 27.2 Å². The molecule has 108 valence electrons. The van der Waals surface area contributed by atoms with Gasteiger partial charge in [-0.25, -0.2) is 4.98 Å². The van der Waals surface area contributed by atoms with E-state index in [1.165, 1.54) is 6.33 Å². The fourth-order valence-electron chi connectivity index (χ4n) is 1.59. The summed E-state index contributed by atoms with van der Waals surface area (Å²) in [4.78, 5) is 8.42. The second-order valence-corrected chi connectivity index (χ2v) is 4.24. The summed E-state index contributed by atoms with van der Waals surface area (Å²) < 4.78 is 12.2. The summed E-state index contributed by atoms with van der Waals surface area (Å²) in [6.07, 6.45) is 3.22. The lowest BCUT2D eigenvalue weighted by Gasteiger charge is -2.07. The van der Waals surface area contributed by atoms with Gasteiger partial charge in [-0.2, -0.15) is 5.10 Å². The van der Waals surface area contributed by atoms with Gasteiger partial charge < -0.3 is 14.8 Å². The summed E-state index contributed by atoms with van der Waals surface area (Å²) in [6.45, 7) is 2.60. The van der Waals surface area contributed by atoms with Crippen LogP contribution in [0.5, 0.6) is 5.75 Å². The van der Waals surface area contributed by atoms with Crippen molar-refractivity contribution in [2.45, 2.75) is 13.2 Å². The third-order valence-electron chi connectivity index (χ3n) is 2.76. The summed E-state index contributed by atoms with van der Waals surface area (Å²) in [5.41, 5.74) is 0.965. The molecule has 0 saturated heterocycles. The Morgan fingerprint density at radius 1 is 1.30 bits per heavy atom. The molecule has 2 aromatic heterocycles. The van der Waals surface area contributed by atoms with Gasteiger partial charge >= 0.3 is 0 Å². The topological polar surface area (TPSA) is 74.1 Å². The highest BCUT2D eigenvalue weighted by Crippen LogP contribution is 2.10. The van der Waals surface area contributed by atoms with Crippen LogP contribution in [0.1, 0.15) is 11.5 Å². The van der Waals surface area contributed by atoms with E-state index in [1.807, 2.05) is 19.2 Å². The van der Waals surface area contributed by atoms with Crippen LogP contribution in [0, 0.1) is 0 Å². The SMILES string of the molecule is COCCNCc1ccc(OCc2ncnn2C)cn1. The second-order valence-electron chi connectivity index (χ2n) is 4.24. The van der Waals surface area contributed by atoms with Crippen LogP contribution in [-0.4, -0.2) is 40.0 Å². The Hall–Kier alpha value is -1.99. The standard InChI is InChI=1S/C13H19N5O2/c1-18-13(16-10-17-18)9-20-12-4-3-11(15-8-12)7-14-5-6-19-2/h3-4,8,10,14H,5-7,9H2,1-2H3. The van der Waals surface area contributed by atoms with Gasteiger partial charge in [-0.15, -0.1) is 0 Å². The Balaban J connectivity index is 1.78. The molecular weight excluding hydrogens is 258 g/mol. The van der Waals surface area contributed by atoms with Crippen molar-refractivity contribution in [1.82, 2.24) is 25.1 Å². The molecule has 0 unspecified atom stereocenters. The van der Waals surface area contributed by atoms with Crippen LogP contribution in [0.25, 0.3) is 0 Å². The van der Waals surface area contributed by atoms with Crippen LogP contribution >= 0.6 is 0 Å². The normalized spacial score (nSPS) is 10.7. The molecule has 0 radical (unpaired) electrons. The fraction of sp³-hybridized carbons (Fsp3) is 0.462. The van der Waals surface area contributed by atoms with Crippen molar-refractivity contribution in [3.63, 3.8) is 0 Å². The molecule has 0 amide bonds. The zero-order chi connectivity index (χ0) is 14.2. The van der Waals surface area contributed by atoms with Gasteiger partial charge in [0.1, 0.15) is 18.7 Å². The van der Waals surface area contributed by atoms with Crippen molar-refractivity contribution in [1.29, 1.82) is 0 Å². The monoisotopic (exact) mass is 277 g/mol. The number of nitrogens with zero attached hydrogens (tertiary/aromatic N) is 4. The molecular formula is C13H19N5O2. The van der Waals surface area contributed by atoms with Gasteiger partial charge in [-0.05, 0) is 12.1 Å². The highest BCUT2D eigenvalue weighted by atomic mass is 16.5. The lowest BCUT2D eigenvalue weighted by molar-refractivity contribution is 0.199. The maximum Gasteiger partial charge on any atom is 0.164 e. The molecule has 0 aliphatic carbocycles. The molecule has 0 aromatic carbocycles. The summed E-state index contributed by atoms with van der Waals surface area (Å²) in [5.74, 6) is 1.49. The minimum absolute atomic E-state index is 0.379. The summed E-state index contributed by atoms with van der Waals surface area (Å²) in [7, 11) is 3.52. The van der Waals surface area contributed by atoms with Crippen molar-refractivity contribution in [3.8, 4) is 5.75 Å². The molecule has 0 saturated carbocycles. The van der Waals surface area contributed by atoms with Gasteiger partial charge in [0.05, 0.1) is 18.5 Å². The Bertz CT molecular complexity index is 512. The van der Waals surface area contributed by atoms with Crippen molar-refractivity contribution >= 4 is 0 Å². The molecule has 1 N–H and O–H groups in total. The van der Waals surface area contributed by atoms with E-state index < -0.39 is 0 Å². The number of ether oxygens (including phenoxy) is 2. The first-order valence-corrected chi connectivity index (χ1v) is 6.40. The molecule has 20 heavy (non-hydrogen) atoms. The van der Waals surface area contributed by atoms with Crippen LogP contribution in [0.3, 0.4) is 0 Å². The quantitative estimate of drug-likeness (QED) is 0.709. The van der Waals surface area contributed by atoms with Crippen molar-refractivity contribution in [3.05, 3.63) is 36.2 Å². The highest BCUT2D eigenvalue weighted by molar-refractivity contribution is 5.19. The summed E-state index contributed by atoms with van der Waals surface area (Å²) in [5, 5.41) is 7.22. The van der Waals surface area contributed by atoms with Crippen LogP contribution in [-0.2, 0) is 24.9 Å². The van der Waals surface area contributed by atoms with Crippen LogP contribution < -0.4 is 10.1 Å².